The molecule has 0 fully saturated rings. The molecule has 1 aromatic heterocycles. The molecule has 2 atom stereocenters. The van der Waals surface area contributed by atoms with Gasteiger partial charge in [0.05, 0.1) is 22.4 Å². The van der Waals surface area contributed by atoms with E-state index in [1.807, 2.05) is 42.6 Å². The summed E-state index contributed by atoms with van der Waals surface area (Å²) in [6, 6.07) is 39.5. The maximum atomic E-state index is 9.56. The van der Waals surface area contributed by atoms with Gasteiger partial charge in [0.1, 0.15) is 17.5 Å². The Morgan fingerprint density at radius 1 is 0.549 bits per heavy atom. The molecule has 4 aliphatic rings. The average Bonchev–Trinajstić information content (AvgIpc) is 1.68. The fourth-order valence-corrected chi connectivity index (χ4v) is 11.7. The van der Waals surface area contributed by atoms with Crippen molar-refractivity contribution in [2.75, 3.05) is 9.80 Å². The summed E-state index contributed by atoms with van der Waals surface area (Å²) < 4.78 is 99.7. The van der Waals surface area contributed by atoms with Gasteiger partial charge in [-0.3, -0.25) is 0 Å². The molecule has 2 unspecified atom stereocenters. The van der Waals surface area contributed by atoms with Gasteiger partial charge in [-0.15, -0.1) is 4.57 Å². The third-order valence-electron chi connectivity index (χ3n) is 15.2. The van der Waals surface area contributed by atoms with Gasteiger partial charge in [0.25, 0.3) is 0 Å². The number of para-hydroxylation sites is 1. The Hall–Kier alpha value is -6.91. The predicted octanol–water partition coefficient (Wildman–Crippen LogP) is 17.2. The minimum Gasteiger partial charge on any atom is -0.410 e. The number of pyridine rings is 1. The third-order valence-corrected chi connectivity index (χ3v) is 15.2. The van der Waals surface area contributed by atoms with Crippen molar-refractivity contribution in [3.05, 3.63) is 196 Å². The lowest BCUT2D eigenvalue weighted by molar-refractivity contribution is -0.774. The molecule has 4 aliphatic heterocycles. The first kappa shape index (κ1) is 35.2. The van der Waals surface area contributed by atoms with E-state index in [4.69, 9.17) is 11.6 Å². The summed E-state index contributed by atoms with van der Waals surface area (Å²) in [7, 11) is 0. The van der Waals surface area contributed by atoms with Crippen molar-refractivity contribution >= 4 is 17.1 Å². The highest BCUT2D eigenvalue weighted by Crippen LogP contribution is 2.68. The van der Waals surface area contributed by atoms with E-state index in [2.05, 4.69) is 176 Å². The van der Waals surface area contributed by atoms with Gasteiger partial charge in [-0.1, -0.05) is 186 Å². The average molecular weight is 941 g/mol. The molecule has 0 N–H and O–H groups in total. The van der Waals surface area contributed by atoms with Crippen LogP contribution < -0.4 is 19.1 Å². The molecule has 4 heteroatoms. The van der Waals surface area contributed by atoms with Gasteiger partial charge >= 0.3 is 5.85 Å². The van der Waals surface area contributed by atoms with Crippen LogP contribution in [0, 0.1) is 13.7 Å². The number of ether oxygens (including phenoxy) is 1. The number of anilines is 3. The number of rotatable bonds is 4. The summed E-state index contributed by atoms with van der Waals surface area (Å²) in [5, 5.41) is 0. The predicted molar refractivity (Wildman–Crippen MR) is 296 cm³/mol. The fraction of sp³-hybridized carbons (Fsp3) is 0.299. The lowest BCUT2D eigenvalue weighted by Crippen LogP contribution is -2.71. The normalized spacial score (nSPS) is 19.8. The van der Waals surface area contributed by atoms with Crippen LogP contribution in [-0.2, 0) is 27.5 Å². The molecule has 0 saturated heterocycles. The molecular weight excluding hydrogens is 863 g/mol. The van der Waals surface area contributed by atoms with Crippen LogP contribution in [-0.4, -0.2) is 0 Å². The Labute approximate surface area is 436 Å². The van der Waals surface area contributed by atoms with Crippen molar-refractivity contribution in [2.24, 2.45) is 0 Å². The second kappa shape index (κ2) is 15.1. The SMILES string of the molecule is [2H]c1c([2H])c(C([2H])([2H])[2H])c([2H])c([2H])c1-c1cc[n+]2c(c1)-c1cc(C(C)(C)C)cc3c1C21Oc2c(cc(C(C)(C)C)cc2C(C)(C)C)C2N(c4ccc(-c5c(-c6ccccc6)cccc5C(C)(C)C)cc4C([2H])([2H])[2H])c4cccc-3c4N21. The zero-order valence-corrected chi connectivity index (χ0v) is 43.0. The van der Waals surface area contributed by atoms with Crippen LogP contribution in [0.15, 0.2) is 152 Å². The summed E-state index contributed by atoms with van der Waals surface area (Å²) in [4.78, 5) is 4.58. The van der Waals surface area contributed by atoms with E-state index in [-0.39, 0.29) is 27.4 Å². The zero-order valence-electron chi connectivity index (χ0n) is 53.0. The van der Waals surface area contributed by atoms with Gasteiger partial charge in [-0.25, -0.2) is 4.90 Å². The molecule has 5 heterocycles. The van der Waals surface area contributed by atoms with E-state index in [0.29, 0.717) is 22.7 Å². The summed E-state index contributed by atoms with van der Waals surface area (Å²) in [6.45, 7) is 20.9. The number of fused-ring (bicyclic) bond motifs is 5. The highest BCUT2D eigenvalue weighted by molar-refractivity contribution is 6.02. The molecule has 1 spiro atoms. The van der Waals surface area contributed by atoms with Crippen molar-refractivity contribution in [2.45, 2.75) is 130 Å². The number of hydrogen-bond acceptors (Lipinski definition) is 3. The number of hydrogen-bond donors (Lipinski definition) is 0. The number of nitrogens with zero attached hydrogens (tertiary/aromatic N) is 3. The maximum Gasteiger partial charge on any atom is 0.432 e. The topological polar surface area (TPSA) is 19.6 Å². The van der Waals surface area contributed by atoms with E-state index in [9.17, 15) is 6.85 Å². The summed E-state index contributed by atoms with van der Waals surface area (Å²) >= 11 is 0. The molecule has 356 valence electrons. The molecule has 0 bridgehead atoms. The van der Waals surface area contributed by atoms with Crippen LogP contribution in [0.1, 0.15) is 147 Å². The number of aromatic nitrogens is 1. The largest absolute Gasteiger partial charge is 0.432 e. The summed E-state index contributed by atoms with van der Waals surface area (Å²) in [5.41, 5.74) is 13.9. The van der Waals surface area contributed by atoms with E-state index in [1.54, 1.807) is 6.07 Å². The van der Waals surface area contributed by atoms with Crippen molar-refractivity contribution < 1.29 is 23.0 Å². The third kappa shape index (κ3) is 6.66. The molecule has 0 amide bonds. The minimum absolute atomic E-state index is 0.0111. The molecule has 0 aliphatic carbocycles. The molecule has 8 aromatic rings. The Morgan fingerprint density at radius 3 is 1.93 bits per heavy atom. The van der Waals surface area contributed by atoms with Crippen molar-refractivity contribution in [3.8, 4) is 61.5 Å². The first-order chi connectivity index (χ1) is 37.7. The molecule has 4 nitrogen and oxygen atoms in total. The Balaban J connectivity index is 1.20. The molecule has 7 aromatic carbocycles. The van der Waals surface area contributed by atoms with Crippen LogP contribution in [0.5, 0.6) is 5.75 Å². The Kier molecular flexibility index (Phi) is 7.47. The van der Waals surface area contributed by atoms with Crippen LogP contribution in [0.25, 0.3) is 55.8 Å². The maximum absolute atomic E-state index is 9.56. The van der Waals surface area contributed by atoms with Crippen LogP contribution >= 0.6 is 0 Å². The molecule has 71 heavy (non-hydrogen) atoms. The second-order valence-corrected chi connectivity index (χ2v) is 24.1. The minimum atomic E-state index is -2.87. The lowest BCUT2D eigenvalue weighted by Gasteiger charge is -2.49. The zero-order chi connectivity index (χ0) is 58.4. The fourth-order valence-electron chi connectivity index (χ4n) is 11.7. The Bertz CT molecular complexity index is 3970. The quantitative estimate of drug-likeness (QED) is 0.164. The molecular formula is C67H68N3O+. The van der Waals surface area contributed by atoms with E-state index < -0.39 is 60.9 Å². The molecule has 0 saturated carbocycles. The smallest absolute Gasteiger partial charge is 0.410 e. The van der Waals surface area contributed by atoms with Gasteiger partial charge in [-0.05, 0) is 127 Å². The van der Waals surface area contributed by atoms with Gasteiger partial charge in [0.2, 0.25) is 5.69 Å². The van der Waals surface area contributed by atoms with Crippen molar-refractivity contribution in [3.63, 3.8) is 0 Å². The van der Waals surface area contributed by atoms with E-state index in [0.717, 1.165) is 83.7 Å². The lowest BCUT2D eigenvalue weighted by atomic mass is 9.77. The number of aryl methyl sites for hydroxylation is 1. The van der Waals surface area contributed by atoms with E-state index in [1.165, 1.54) is 0 Å². The number of benzene rings is 7. The molecule has 12 rings (SSSR count). The van der Waals surface area contributed by atoms with Crippen LogP contribution in [0.2, 0.25) is 0 Å². The molecule has 0 radical (unpaired) electrons. The highest BCUT2D eigenvalue weighted by atomic mass is 16.5. The van der Waals surface area contributed by atoms with Gasteiger partial charge < -0.3 is 9.64 Å². The van der Waals surface area contributed by atoms with Crippen LogP contribution in [0.3, 0.4) is 0 Å². The first-order valence-electron chi connectivity index (χ1n) is 30.0. The van der Waals surface area contributed by atoms with Gasteiger partial charge in [0.15, 0.2) is 6.20 Å². The van der Waals surface area contributed by atoms with Crippen molar-refractivity contribution in [1.29, 1.82) is 0 Å². The standard InChI is InChI=1S/C67H68N3O/c1-40-26-28-42(29-27-40)44-32-33-68-57(35-44)51-37-46(63(3,4)5)36-50-49-23-19-25-56-60(49)70-62(52-38-47(64(6,7)8)39-54(66(12,13)14)61(52)71-67(68,70)59(50)51)69(56)55-31-30-45(34-41(55)2)58-48(43-20-16-15-17-21-43)22-18-24-53(58)65(9,10)11/h15-39,62H,1-14H3/q+1/i1D3,2D3,26D,27D,28D,29D. The Morgan fingerprint density at radius 2 is 1.24 bits per heavy atom. The summed E-state index contributed by atoms with van der Waals surface area (Å²) in [5.74, 6) is -0.790. The van der Waals surface area contributed by atoms with Gasteiger partial charge in [0, 0.05) is 48.3 Å². The second-order valence-electron chi connectivity index (χ2n) is 24.1. The van der Waals surface area contributed by atoms with Crippen LogP contribution in [0.4, 0.5) is 17.1 Å². The highest BCUT2D eigenvalue weighted by Gasteiger charge is 2.70. The summed E-state index contributed by atoms with van der Waals surface area (Å²) in [6.07, 6.45) is 1.19. The van der Waals surface area contributed by atoms with E-state index >= 15 is 0 Å². The van der Waals surface area contributed by atoms with Gasteiger partial charge in [-0.2, -0.15) is 0 Å². The van der Waals surface area contributed by atoms with Crippen molar-refractivity contribution in [1.82, 2.24) is 0 Å². The monoisotopic (exact) mass is 941 g/mol. The first-order valence-corrected chi connectivity index (χ1v) is 25.0.